The number of hydrogen-bond acceptors (Lipinski definition) is 5. The summed E-state index contributed by atoms with van der Waals surface area (Å²) in [6.07, 6.45) is 5.43. The fourth-order valence-corrected chi connectivity index (χ4v) is 5.32. The first-order valence-electron chi connectivity index (χ1n) is 12.0. The molecular formula is C27H32N6O. The Bertz CT molecular complexity index is 1380. The van der Waals surface area contributed by atoms with Gasteiger partial charge in [0.2, 0.25) is 0 Å². The number of nitrogens with one attached hydrogen (secondary N) is 1. The van der Waals surface area contributed by atoms with Crippen LogP contribution in [0, 0.1) is 11.8 Å². The molecule has 0 bridgehead atoms. The van der Waals surface area contributed by atoms with Crippen molar-refractivity contribution in [2.45, 2.75) is 45.6 Å². The van der Waals surface area contributed by atoms with Gasteiger partial charge in [-0.1, -0.05) is 39.0 Å². The van der Waals surface area contributed by atoms with Gasteiger partial charge in [-0.2, -0.15) is 0 Å². The summed E-state index contributed by atoms with van der Waals surface area (Å²) in [5, 5.41) is 12.7. The van der Waals surface area contributed by atoms with Crippen molar-refractivity contribution in [3.05, 3.63) is 82.4 Å². The molecule has 1 fully saturated rings. The number of fused-ring (bicyclic) bond motifs is 1. The highest BCUT2D eigenvalue weighted by atomic mass is 16.1. The van der Waals surface area contributed by atoms with E-state index < -0.39 is 0 Å². The smallest absolute Gasteiger partial charge is 0.265 e. The minimum Gasteiger partial charge on any atom is -0.320 e. The Kier molecular flexibility index (Phi) is 5.81. The summed E-state index contributed by atoms with van der Waals surface area (Å²) in [6, 6.07) is 14.2. The van der Waals surface area contributed by atoms with Gasteiger partial charge >= 0.3 is 0 Å². The zero-order valence-corrected chi connectivity index (χ0v) is 20.3. The van der Waals surface area contributed by atoms with Crippen LogP contribution in [0.25, 0.3) is 16.6 Å². The van der Waals surface area contributed by atoms with E-state index in [4.69, 9.17) is 0 Å². The Morgan fingerprint density at radius 2 is 1.97 bits per heavy atom. The van der Waals surface area contributed by atoms with Crippen LogP contribution in [0.15, 0.2) is 59.9 Å². The molecule has 0 aliphatic heterocycles. The van der Waals surface area contributed by atoms with Gasteiger partial charge in [-0.05, 0) is 66.6 Å². The predicted molar refractivity (Wildman–Crippen MR) is 134 cm³/mol. The van der Waals surface area contributed by atoms with Crippen LogP contribution in [0.4, 0.5) is 0 Å². The molecule has 1 aliphatic rings. The largest absolute Gasteiger partial charge is 0.320 e. The molecule has 7 nitrogen and oxygen atoms in total. The quantitative estimate of drug-likeness (QED) is 0.455. The number of nitrogens with zero attached hydrogens (tertiary/aromatic N) is 5. The molecule has 0 unspecified atom stereocenters. The maximum Gasteiger partial charge on any atom is 0.265 e. The summed E-state index contributed by atoms with van der Waals surface area (Å²) < 4.78 is 3.67. The lowest BCUT2D eigenvalue weighted by Crippen LogP contribution is -2.43. The van der Waals surface area contributed by atoms with E-state index in [1.165, 1.54) is 0 Å². The molecule has 0 atom stereocenters. The molecule has 1 aliphatic carbocycles. The first kappa shape index (κ1) is 22.5. The first-order valence-corrected chi connectivity index (χ1v) is 12.0. The second-order valence-corrected chi connectivity index (χ2v) is 10.2. The van der Waals surface area contributed by atoms with Crippen molar-refractivity contribution in [3.63, 3.8) is 0 Å². The summed E-state index contributed by atoms with van der Waals surface area (Å²) in [7, 11) is 2.00. The molecule has 4 aromatic rings. The van der Waals surface area contributed by atoms with Gasteiger partial charge in [0.1, 0.15) is 18.5 Å². The predicted octanol–water partition coefficient (Wildman–Crippen LogP) is 3.98. The molecule has 7 heteroatoms. The molecule has 2 aromatic carbocycles. The zero-order valence-electron chi connectivity index (χ0n) is 20.3. The van der Waals surface area contributed by atoms with Crippen LogP contribution in [0.1, 0.15) is 50.6 Å². The lowest BCUT2D eigenvalue weighted by Gasteiger charge is -2.46. The monoisotopic (exact) mass is 456 g/mol. The average Bonchev–Trinajstić information content (AvgIpc) is 3.23. The molecule has 5 rings (SSSR count). The zero-order chi connectivity index (χ0) is 23.9. The summed E-state index contributed by atoms with van der Waals surface area (Å²) >= 11 is 0. The van der Waals surface area contributed by atoms with E-state index in [0.717, 1.165) is 48.6 Å². The van der Waals surface area contributed by atoms with Gasteiger partial charge < -0.3 is 9.88 Å². The fourth-order valence-electron chi connectivity index (χ4n) is 5.32. The van der Waals surface area contributed by atoms with E-state index in [2.05, 4.69) is 53.4 Å². The van der Waals surface area contributed by atoms with Crippen molar-refractivity contribution < 1.29 is 0 Å². The van der Waals surface area contributed by atoms with E-state index in [1.807, 2.05) is 41.9 Å². The molecule has 1 N–H and O–H groups in total. The third-order valence-electron chi connectivity index (χ3n) is 6.91. The molecular weight excluding hydrogens is 424 g/mol. The van der Waals surface area contributed by atoms with Crippen molar-refractivity contribution in [3.8, 4) is 5.69 Å². The third-order valence-corrected chi connectivity index (χ3v) is 6.91. The van der Waals surface area contributed by atoms with Gasteiger partial charge in [0.25, 0.3) is 5.56 Å². The van der Waals surface area contributed by atoms with Gasteiger partial charge in [-0.3, -0.25) is 9.36 Å². The van der Waals surface area contributed by atoms with Crippen molar-refractivity contribution >= 4 is 10.9 Å². The number of hydrogen-bond donors (Lipinski definition) is 1. The van der Waals surface area contributed by atoms with Crippen LogP contribution in [0.2, 0.25) is 0 Å². The lowest BCUT2D eigenvalue weighted by atomic mass is 9.58. The Hall–Kier alpha value is -3.32. The Labute approximate surface area is 199 Å². The van der Waals surface area contributed by atoms with Crippen molar-refractivity contribution in [2.24, 2.45) is 18.9 Å². The van der Waals surface area contributed by atoms with E-state index in [9.17, 15) is 4.79 Å². The van der Waals surface area contributed by atoms with Crippen LogP contribution < -0.4 is 10.9 Å². The van der Waals surface area contributed by atoms with Crippen molar-refractivity contribution in [1.82, 2.24) is 29.6 Å². The Balaban J connectivity index is 1.53. The van der Waals surface area contributed by atoms with Crippen LogP contribution in [0.5, 0.6) is 0 Å². The molecule has 0 amide bonds. The Morgan fingerprint density at radius 3 is 2.68 bits per heavy atom. The molecule has 0 saturated heterocycles. The fraction of sp³-hybridized carbons (Fsp3) is 0.407. The van der Waals surface area contributed by atoms with Gasteiger partial charge in [-0.25, -0.2) is 4.98 Å². The minimum absolute atomic E-state index is 0.0532. The van der Waals surface area contributed by atoms with Crippen molar-refractivity contribution in [1.29, 1.82) is 0 Å². The summed E-state index contributed by atoms with van der Waals surface area (Å²) in [5.74, 6) is 2.17. The van der Waals surface area contributed by atoms with E-state index >= 15 is 0 Å². The van der Waals surface area contributed by atoms with Gasteiger partial charge in [-0.15, -0.1) is 10.2 Å². The molecule has 1 saturated carbocycles. The van der Waals surface area contributed by atoms with Gasteiger partial charge in [0.05, 0.1) is 22.0 Å². The highest BCUT2D eigenvalue weighted by Gasteiger charge is 2.48. The highest BCUT2D eigenvalue weighted by molar-refractivity contribution is 5.78. The van der Waals surface area contributed by atoms with Crippen LogP contribution in [0.3, 0.4) is 0 Å². The van der Waals surface area contributed by atoms with Crippen molar-refractivity contribution in [2.75, 3.05) is 6.54 Å². The van der Waals surface area contributed by atoms with Crippen LogP contribution in [-0.4, -0.2) is 30.9 Å². The molecule has 34 heavy (non-hydrogen) atoms. The second-order valence-electron chi connectivity index (χ2n) is 10.2. The minimum atomic E-state index is -0.177. The summed E-state index contributed by atoms with van der Waals surface area (Å²) in [4.78, 5) is 18.1. The van der Waals surface area contributed by atoms with Gasteiger partial charge in [0, 0.05) is 13.6 Å². The SMILES string of the molecule is CC(C)CNCc1ccc2ncn(-c3cccc(C4(c5nncn5C)CC(C)C4)c3)c(=O)c2c1. The van der Waals surface area contributed by atoms with Gasteiger partial charge in [0.15, 0.2) is 0 Å². The molecule has 2 heterocycles. The molecule has 2 aromatic heterocycles. The van der Waals surface area contributed by atoms with E-state index in [-0.39, 0.29) is 11.0 Å². The van der Waals surface area contributed by atoms with E-state index in [0.29, 0.717) is 22.7 Å². The molecule has 0 radical (unpaired) electrons. The van der Waals surface area contributed by atoms with Crippen LogP contribution >= 0.6 is 0 Å². The maximum absolute atomic E-state index is 13.5. The highest BCUT2D eigenvalue weighted by Crippen LogP contribution is 2.51. The van der Waals surface area contributed by atoms with Crippen LogP contribution in [-0.2, 0) is 19.0 Å². The average molecular weight is 457 g/mol. The number of benzene rings is 2. The topological polar surface area (TPSA) is 77.6 Å². The maximum atomic E-state index is 13.5. The first-order chi connectivity index (χ1) is 16.4. The molecule has 0 spiro atoms. The standard InChI is InChI=1S/C27H32N6O/c1-18(2)14-28-15-20-8-9-24-23(10-20)25(34)33(16-29-24)22-7-5-6-21(11-22)27(12-19(3)13-27)26-31-30-17-32(26)4/h5-11,16-19,28H,12-15H2,1-4H3. The summed E-state index contributed by atoms with van der Waals surface area (Å²) in [5.41, 5.74) is 3.56. The molecule has 176 valence electrons. The Morgan fingerprint density at radius 1 is 1.15 bits per heavy atom. The number of aromatic nitrogens is 5. The van der Waals surface area contributed by atoms with E-state index in [1.54, 1.807) is 17.2 Å². The normalized spacial score (nSPS) is 20.1. The lowest BCUT2D eigenvalue weighted by molar-refractivity contribution is 0.185. The summed E-state index contributed by atoms with van der Waals surface area (Å²) in [6.45, 7) is 8.31. The third kappa shape index (κ3) is 3.94. The second kappa shape index (κ2) is 8.80. The number of rotatable bonds is 7. The number of aryl methyl sites for hydroxylation is 1.